The molecule has 4 aromatic rings. The van der Waals surface area contributed by atoms with Crippen LogP contribution in [0.2, 0.25) is 0 Å². The normalized spacial score (nSPS) is 14.6. The molecule has 280 valence electrons. The number of hydrogen-bond donors (Lipinski definition) is 0. The summed E-state index contributed by atoms with van der Waals surface area (Å²) < 4.78 is 33.1. The van der Waals surface area contributed by atoms with E-state index < -0.39 is 17.8 Å². The van der Waals surface area contributed by atoms with Gasteiger partial charge in [-0.25, -0.2) is 4.79 Å². The van der Waals surface area contributed by atoms with Crippen LogP contribution >= 0.6 is 0 Å². The van der Waals surface area contributed by atoms with E-state index in [2.05, 4.69) is 0 Å². The second kappa shape index (κ2) is 16.6. The first-order valence-corrected chi connectivity index (χ1v) is 17.2. The SMILES string of the molecule is COc1ccc(C2=C(c3ccc(OC)c(OC)c3)C(=O)N(C(=O)N3CCN(CC(=O)c4ccc(OCc5ccccc5)c(OC)c4)CC3)C2=O)cc1OC. The fraction of sp³-hybridized carbons (Fsp3) is 0.268. The van der Waals surface area contributed by atoms with Gasteiger partial charge in [-0.1, -0.05) is 42.5 Å². The maximum absolute atomic E-state index is 14.2. The minimum absolute atomic E-state index is 0.0256. The van der Waals surface area contributed by atoms with E-state index >= 15 is 0 Å². The summed E-state index contributed by atoms with van der Waals surface area (Å²) in [5, 5.41) is 0. The Hall–Kier alpha value is -6.34. The average molecular weight is 736 g/mol. The van der Waals surface area contributed by atoms with E-state index in [0.29, 0.717) is 75.8 Å². The molecule has 0 atom stereocenters. The van der Waals surface area contributed by atoms with Gasteiger partial charge in [0, 0.05) is 31.7 Å². The third kappa shape index (κ3) is 7.57. The second-order valence-corrected chi connectivity index (χ2v) is 12.4. The quantitative estimate of drug-likeness (QED) is 0.132. The van der Waals surface area contributed by atoms with E-state index in [1.165, 1.54) is 40.4 Å². The van der Waals surface area contributed by atoms with Gasteiger partial charge in [0.15, 0.2) is 40.3 Å². The lowest BCUT2D eigenvalue weighted by molar-refractivity contribution is -0.133. The molecule has 0 N–H and O–H groups in total. The van der Waals surface area contributed by atoms with Gasteiger partial charge in [-0.05, 0) is 59.2 Å². The first kappa shape index (κ1) is 37.4. The van der Waals surface area contributed by atoms with Gasteiger partial charge in [-0.3, -0.25) is 19.3 Å². The molecule has 0 spiro atoms. The van der Waals surface area contributed by atoms with E-state index in [-0.39, 0.29) is 36.6 Å². The highest BCUT2D eigenvalue weighted by molar-refractivity contribution is 6.52. The van der Waals surface area contributed by atoms with Gasteiger partial charge in [-0.15, -0.1) is 0 Å². The van der Waals surface area contributed by atoms with Gasteiger partial charge < -0.3 is 33.3 Å². The Bertz CT molecular complexity index is 2010. The summed E-state index contributed by atoms with van der Waals surface area (Å²) in [5.74, 6) is 0.839. The Kier molecular flexibility index (Phi) is 11.5. The van der Waals surface area contributed by atoms with Gasteiger partial charge >= 0.3 is 6.03 Å². The van der Waals surface area contributed by atoms with Crippen molar-refractivity contribution in [3.05, 3.63) is 107 Å². The topological polar surface area (TPSA) is 133 Å². The summed E-state index contributed by atoms with van der Waals surface area (Å²) in [4.78, 5) is 59.7. The largest absolute Gasteiger partial charge is 0.493 e. The zero-order valence-corrected chi connectivity index (χ0v) is 30.7. The molecule has 0 aromatic heterocycles. The number of imide groups is 3. The maximum atomic E-state index is 14.2. The summed E-state index contributed by atoms with van der Waals surface area (Å²) in [6, 6.07) is 23.8. The number of methoxy groups -OCH3 is 5. The number of benzene rings is 4. The molecule has 2 aliphatic heterocycles. The molecule has 2 heterocycles. The van der Waals surface area contributed by atoms with Crippen LogP contribution in [0.3, 0.4) is 0 Å². The highest BCUT2D eigenvalue weighted by atomic mass is 16.5. The predicted molar refractivity (Wildman–Crippen MR) is 199 cm³/mol. The maximum Gasteiger partial charge on any atom is 0.334 e. The summed E-state index contributed by atoms with van der Waals surface area (Å²) in [5.41, 5.74) is 2.24. The van der Waals surface area contributed by atoms with Crippen LogP contribution in [0.15, 0.2) is 84.9 Å². The molecule has 4 aromatic carbocycles. The molecular formula is C41H41N3O10. The molecule has 13 nitrogen and oxygen atoms in total. The average Bonchev–Trinajstić information content (AvgIpc) is 3.48. The van der Waals surface area contributed by atoms with E-state index in [1.54, 1.807) is 54.6 Å². The highest BCUT2D eigenvalue weighted by Crippen LogP contribution is 2.41. The summed E-state index contributed by atoms with van der Waals surface area (Å²) in [6.07, 6.45) is 0. The lowest BCUT2D eigenvalue weighted by Gasteiger charge is -2.35. The van der Waals surface area contributed by atoms with Gasteiger partial charge in [0.05, 0.1) is 53.2 Å². The van der Waals surface area contributed by atoms with Crippen LogP contribution < -0.4 is 28.4 Å². The predicted octanol–water partition coefficient (Wildman–Crippen LogP) is 5.21. The number of amides is 4. The van der Waals surface area contributed by atoms with E-state index in [9.17, 15) is 19.2 Å². The molecule has 0 radical (unpaired) electrons. The number of hydrogen-bond acceptors (Lipinski definition) is 11. The Balaban J connectivity index is 1.16. The molecule has 1 saturated heterocycles. The lowest BCUT2D eigenvalue weighted by Crippen LogP contribution is -2.55. The third-order valence-corrected chi connectivity index (χ3v) is 9.35. The zero-order chi connectivity index (χ0) is 38.4. The minimum Gasteiger partial charge on any atom is -0.493 e. The van der Waals surface area contributed by atoms with Crippen molar-refractivity contribution in [2.75, 3.05) is 68.3 Å². The first-order valence-electron chi connectivity index (χ1n) is 17.2. The van der Waals surface area contributed by atoms with E-state index in [0.717, 1.165) is 5.56 Å². The summed E-state index contributed by atoms with van der Waals surface area (Å²) in [7, 11) is 7.43. The third-order valence-electron chi connectivity index (χ3n) is 9.35. The monoisotopic (exact) mass is 735 g/mol. The Morgan fingerprint density at radius 3 is 1.59 bits per heavy atom. The number of ether oxygens (including phenoxy) is 6. The van der Waals surface area contributed by atoms with Crippen LogP contribution in [0.25, 0.3) is 11.1 Å². The van der Waals surface area contributed by atoms with Crippen molar-refractivity contribution in [2.24, 2.45) is 0 Å². The Morgan fingerprint density at radius 1 is 0.574 bits per heavy atom. The molecule has 6 rings (SSSR count). The van der Waals surface area contributed by atoms with Crippen molar-refractivity contribution in [1.29, 1.82) is 0 Å². The molecule has 4 amide bonds. The van der Waals surface area contributed by atoms with Gasteiger partial charge in [0.1, 0.15) is 6.61 Å². The van der Waals surface area contributed by atoms with Crippen molar-refractivity contribution in [2.45, 2.75) is 6.61 Å². The molecule has 0 saturated carbocycles. The van der Waals surface area contributed by atoms with Crippen LogP contribution in [-0.2, 0) is 16.2 Å². The number of nitrogens with zero attached hydrogens (tertiary/aromatic N) is 3. The fourth-order valence-corrected chi connectivity index (χ4v) is 6.45. The molecule has 0 unspecified atom stereocenters. The smallest absolute Gasteiger partial charge is 0.334 e. The van der Waals surface area contributed by atoms with Crippen LogP contribution in [-0.4, -0.2) is 107 Å². The zero-order valence-electron chi connectivity index (χ0n) is 30.7. The van der Waals surface area contributed by atoms with E-state index in [1.807, 2.05) is 35.2 Å². The Morgan fingerprint density at radius 2 is 1.07 bits per heavy atom. The molecule has 13 heteroatoms. The van der Waals surface area contributed by atoms with Crippen LogP contribution in [0.4, 0.5) is 4.79 Å². The standard InChI is InChI=1S/C41H41N3O10/c1-49-31-14-12-28(22-34(31)51-3)37-38(29-13-15-32(50-2)35(23-29)52-4)40(47)44(39(37)46)41(48)43-19-17-42(18-20-43)24-30(45)27-11-16-33(36(21-27)53-5)54-25-26-9-7-6-8-10-26/h6-16,21-23H,17-20,24-25H2,1-5H3. The second-order valence-electron chi connectivity index (χ2n) is 12.4. The number of Topliss-reactive ketones (excluding diaryl/α,β-unsaturated/α-hetero) is 1. The number of carbonyl (C=O) groups is 4. The summed E-state index contributed by atoms with van der Waals surface area (Å²) in [6.45, 7) is 1.54. The summed E-state index contributed by atoms with van der Waals surface area (Å²) >= 11 is 0. The Labute approximate surface area is 313 Å². The number of ketones is 1. The number of rotatable bonds is 13. The number of urea groups is 1. The van der Waals surface area contributed by atoms with Crippen molar-refractivity contribution >= 4 is 34.8 Å². The van der Waals surface area contributed by atoms with Crippen molar-refractivity contribution in [1.82, 2.24) is 14.7 Å². The minimum atomic E-state index is -0.773. The lowest BCUT2D eigenvalue weighted by atomic mass is 9.95. The van der Waals surface area contributed by atoms with Gasteiger partial charge in [0.25, 0.3) is 11.8 Å². The van der Waals surface area contributed by atoms with Crippen molar-refractivity contribution < 1.29 is 47.6 Å². The first-order chi connectivity index (χ1) is 26.2. The van der Waals surface area contributed by atoms with Crippen LogP contribution in [0.1, 0.15) is 27.0 Å². The van der Waals surface area contributed by atoms with Crippen LogP contribution in [0, 0.1) is 0 Å². The number of carbonyl (C=O) groups excluding carboxylic acids is 4. The van der Waals surface area contributed by atoms with Gasteiger partial charge in [-0.2, -0.15) is 4.90 Å². The molecule has 2 aliphatic rings. The molecule has 0 aliphatic carbocycles. The highest BCUT2D eigenvalue weighted by Gasteiger charge is 2.45. The van der Waals surface area contributed by atoms with E-state index in [4.69, 9.17) is 28.4 Å². The molecule has 54 heavy (non-hydrogen) atoms. The molecule has 1 fully saturated rings. The molecule has 0 bridgehead atoms. The van der Waals surface area contributed by atoms with Crippen molar-refractivity contribution in [3.8, 4) is 34.5 Å². The van der Waals surface area contributed by atoms with Crippen LogP contribution in [0.5, 0.6) is 34.5 Å². The molecular weight excluding hydrogens is 694 g/mol. The fourth-order valence-electron chi connectivity index (χ4n) is 6.45. The number of piperazine rings is 1. The van der Waals surface area contributed by atoms with Crippen molar-refractivity contribution in [3.63, 3.8) is 0 Å². The van der Waals surface area contributed by atoms with Gasteiger partial charge in [0.2, 0.25) is 0 Å².